The fourth-order valence-corrected chi connectivity index (χ4v) is 12.6. The number of phosphoric ester groups is 2. The average Bonchev–Trinajstić information content (AvgIpc) is 2.37. The highest BCUT2D eigenvalue weighted by Crippen LogP contribution is 2.45. The summed E-state index contributed by atoms with van der Waals surface area (Å²) in [6, 6.07) is 0. The Bertz CT molecular complexity index is 1790. The molecule has 0 rings (SSSR count). The van der Waals surface area contributed by atoms with Gasteiger partial charge in [-0.25, -0.2) is 9.13 Å². The summed E-state index contributed by atoms with van der Waals surface area (Å²) in [5.41, 5.74) is 0. The van der Waals surface area contributed by atoms with Crippen molar-refractivity contribution in [2.45, 2.75) is 394 Å². The smallest absolute Gasteiger partial charge is 0.462 e. The van der Waals surface area contributed by atoms with Crippen molar-refractivity contribution in [2.75, 3.05) is 39.6 Å². The Hall–Kier alpha value is -1.94. The summed E-state index contributed by atoms with van der Waals surface area (Å²) in [6.07, 6.45) is 51.2. The molecule has 0 saturated heterocycles. The SMILES string of the molecule is CCCCCCCCCCCCCCCC(=O)OC[C@H](COP(=O)(O)OC[C@@H](O)COP(=O)(O)OC[C@@H](COC(=O)CCCCCCCCC(C)CC)OC(=O)CCCCCCCCCCCCC)OC(=O)CCCCCCCCCCCCCCCCC(C)CC. The lowest BCUT2D eigenvalue weighted by atomic mass is 9.99. The summed E-state index contributed by atoms with van der Waals surface area (Å²) in [6.45, 7) is 9.58. The fourth-order valence-electron chi connectivity index (χ4n) is 11.1. The topological polar surface area (TPSA) is 237 Å². The van der Waals surface area contributed by atoms with Gasteiger partial charge in [-0.15, -0.1) is 0 Å². The van der Waals surface area contributed by atoms with Crippen LogP contribution < -0.4 is 0 Å². The number of rotatable bonds is 72. The molecule has 0 spiro atoms. The molecule has 4 unspecified atom stereocenters. The molecule has 0 aliphatic carbocycles. The van der Waals surface area contributed by atoms with E-state index in [0.717, 1.165) is 108 Å². The number of aliphatic hydroxyl groups excluding tert-OH is 1. The van der Waals surface area contributed by atoms with Crippen molar-refractivity contribution in [2.24, 2.45) is 11.8 Å². The van der Waals surface area contributed by atoms with Crippen LogP contribution in [0.1, 0.15) is 375 Å². The van der Waals surface area contributed by atoms with E-state index >= 15 is 0 Å². The largest absolute Gasteiger partial charge is 0.472 e. The van der Waals surface area contributed by atoms with Gasteiger partial charge in [-0.2, -0.15) is 0 Å². The summed E-state index contributed by atoms with van der Waals surface area (Å²) in [7, 11) is -9.90. The van der Waals surface area contributed by atoms with E-state index in [4.69, 9.17) is 37.0 Å². The standard InChI is InChI=1S/C73H142O17P2/c1-7-11-13-15-17-19-21-24-29-32-36-43-49-55-70(75)83-61-68(89-73(78)58-52-46-38-34-30-26-23-22-25-28-31-35-41-47-53-65(5)9-3)63-87-91(79,80)85-59-67(74)60-86-92(81,82)88-64-69(62-84-71(76)56-50-44-40-39-42-48-54-66(6)10-4)90-72(77)57-51-45-37-33-27-20-18-16-14-12-8-2/h65-69,74H,7-64H2,1-6H3,(H,79,80)(H,81,82)/t65?,66?,67-,68-,69-/m1/s1. The maximum absolute atomic E-state index is 13.1. The van der Waals surface area contributed by atoms with E-state index in [0.29, 0.717) is 25.7 Å². The Morgan fingerprint density at radius 3 is 0.772 bits per heavy atom. The Kier molecular flexibility index (Phi) is 63.7. The highest BCUT2D eigenvalue weighted by Gasteiger charge is 2.30. The van der Waals surface area contributed by atoms with Crippen LogP contribution in [0.15, 0.2) is 0 Å². The Morgan fingerprint density at radius 2 is 0.522 bits per heavy atom. The minimum atomic E-state index is -4.95. The zero-order chi connectivity index (χ0) is 67.9. The Morgan fingerprint density at radius 1 is 0.304 bits per heavy atom. The van der Waals surface area contributed by atoms with Crippen molar-refractivity contribution < 1.29 is 80.2 Å². The van der Waals surface area contributed by atoms with Crippen molar-refractivity contribution in [1.29, 1.82) is 0 Å². The number of carbonyl (C=O) groups excluding carboxylic acids is 4. The quantitative estimate of drug-likeness (QED) is 0.0222. The van der Waals surface area contributed by atoms with Crippen LogP contribution in [-0.4, -0.2) is 96.7 Å². The molecule has 0 radical (unpaired) electrons. The minimum Gasteiger partial charge on any atom is -0.462 e. The van der Waals surface area contributed by atoms with Crippen molar-refractivity contribution in [3.8, 4) is 0 Å². The maximum Gasteiger partial charge on any atom is 0.472 e. The van der Waals surface area contributed by atoms with Gasteiger partial charge in [0.2, 0.25) is 0 Å². The zero-order valence-electron chi connectivity index (χ0n) is 59.9. The second-order valence-corrected chi connectivity index (χ2v) is 29.7. The summed E-state index contributed by atoms with van der Waals surface area (Å²) < 4.78 is 68.4. The van der Waals surface area contributed by atoms with Gasteiger partial charge >= 0.3 is 39.5 Å². The number of esters is 4. The second-order valence-electron chi connectivity index (χ2n) is 26.8. The number of unbranched alkanes of at least 4 members (excludes halogenated alkanes) is 40. The molecule has 17 nitrogen and oxygen atoms in total. The first-order valence-corrected chi connectivity index (χ1v) is 41.1. The molecule has 0 aliphatic rings. The van der Waals surface area contributed by atoms with Gasteiger partial charge in [-0.3, -0.25) is 37.3 Å². The number of ether oxygens (including phenoxy) is 4. The van der Waals surface area contributed by atoms with Crippen LogP contribution >= 0.6 is 15.6 Å². The van der Waals surface area contributed by atoms with Crippen molar-refractivity contribution in [3.05, 3.63) is 0 Å². The number of aliphatic hydroxyl groups is 1. The molecule has 0 aromatic heterocycles. The Labute approximate surface area is 562 Å². The van der Waals surface area contributed by atoms with Gasteiger partial charge in [-0.05, 0) is 37.5 Å². The van der Waals surface area contributed by atoms with E-state index in [1.54, 1.807) is 0 Å². The van der Waals surface area contributed by atoms with Crippen molar-refractivity contribution >= 4 is 39.5 Å². The third-order valence-electron chi connectivity index (χ3n) is 17.7. The Balaban J connectivity index is 5.24. The molecule has 3 N–H and O–H groups in total. The van der Waals surface area contributed by atoms with Gasteiger partial charge in [0.05, 0.1) is 26.4 Å². The van der Waals surface area contributed by atoms with E-state index in [1.165, 1.54) is 186 Å². The predicted octanol–water partition coefficient (Wildman–Crippen LogP) is 21.2. The monoisotopic (exact) mass is 1350 g/mol. The van der Waals surface area contributed by atoms with Gasteiger partial charge in [0.25, 0.3) is 0 Å². The summed E-state index contributed by atoms with van der Waals surface area (Å²) in [5.74, 6) is -0.542. The molecule has 0 bridgehead atoms. The molecule has 0 amide bonds. The van der Waals surface area contributed by atoms with Gasteiger partial charge in [-0.1, -0.05) is 324 Å². The molecule has 19 heteroatoms. The third-order valence-corrected chi connectivity index (χ3v) is 19.6. The molecule has 0 aliphatic heterocycles. The molecule has 546 valence electrons. The molecule has 0 saturated carbocycles. The lowest BCUT2D eigenvalue weighted by Crippen LogP contribution is -2.30. The number of phosphoric acid groups is 2. The van der Waals surface area contributed by atoms with Gasteiger partial charge < -0.3 is 33.8 Å². The lowest BCUT2D eigenvalue weighted by Gasteiger charge is -2.21. The molecule has 0 aromatic carbocycles. The van der Waals surface area contributed by atoms with Crippen molar-refractivity contribution in [1.82, 2.24) is 0 Å². The zero-order valence-corrected chi connectivity index (χ0v) is 61.6. The van der Waals surface area contributed by atoms with E-state index in [9.17, 15) is 43.2 Å². The predicted molar refractivity (Wildman–Crippen MR) is 372 cm³/mol. The average molecular weight is 1350 g/mol. The van der Waals surface area contributed by atoms with E-state index in [1.807, 2.05) is 0 Å². The summed E-state index contributed by atoms with van der Waals surface area (Å²) in [4.78, 5) is 72.6. The number of hydrogen-bond donors (Lipinski definition) is 3. The maximum atomic E-state index is 13.1. The fraction of sp³-hybridized carbons (Fsp3) is 0.945. The first-order chi connectivity index (χ1) is 44.4. The first kappa shape index (κ1) is 90.1. The molecular weight excluding hydrogens is 1210 g/mol. The number of carbonyl (C=O) groups is 4. The van der Waals surface area contributed by atoms with E-state index in [-0.39, 0.29) is 25.7 Å². The van der Waals surface area contributed by atoms with Crippen LogP contribution in [0.4, 0.5) is 0 Å². The molecular formula is C73H142O17P2. The van der Waals surface area contributed by atoms with Gasteiger partial charge in [0.1, 0.15) is 19.3 Å². The lowest BCUT2D eigenvalue weighted by molar-refractivity contribution is -0.161. The van der Waals surface area contributed by atoms with E-state index in [2.05, 4.69) is 41.5 Å². The molecule has 0 aromatic rings. The van der Waals surface area contributed by atoms with E-state index < -0.39 is 97.5 Å². The highest BCUT2D eigenvalue weighted by molar-refractivity contribution is 7.47. The molecule has 92 heavy (non-hydrogen) atoms. The second kappa shape index (κ2) is 65.0. The molecule has 0 heterocycles. The van der Waals surface area contributed by atoms with Crippen LogP contribution in [0.5, 0.6) is 0 Å². The number of hydrogen-bond acceptors (Lipinski definition) is 15. The first-order valence-electron chi connectivity index (χ1n) is 38.1. The normalized spacial score (nSPS) is 14.7. The van der Waals surface area contributed by atoms with Crippen molar-refractivity contribution in [3.63, 3.8) is 0 Å². The van der Waals surface area contributed by atoms with Gasteiger partial charge in [0, 0.05) is 25.7 Å². The highest BCUT2D eigenvalue weighted by atomic mass is 31.2. The van der Waals surface area contributed by atoms with Crippen LogP contribution in [0, 0.1) is 11.8 Å². The summed E-state index contributed by atoms with van der Waals surface area (Å²) >= 11 is 0. The van der Waals surface area contributed by atoms with Crippen LogP contribution in [-0.2, 0) is 65.4 Å². The van der Waals surface area contributed by atoms with Crippen LogP contribution in [0.25, 0.3) is 0 Å². The minimum absolute atomic E-state index is 0.106. The van der Waals surface area contributed by atoms with Gasteiger partial charge in [0.15, 0.2) is 12.2 Å². The molecule has 7 atom stereocenters. The molecule has 0 fully saturated rings. The van der Waals surface area contributed by atoms with Crippen LogP contribution in [0.3, 0.4) is 0 Å². The third kappa shape index (κ3) is 64.1. The van der Waals surface area contributed by atoms with Crippen LogP contribution in [0.2, 0.25) is 0 Å². The summed E-state index contributed by atoms with van der Waals surface area (Å²) in [5, 5.41) is 10.6.